The maximum atomic E-state index is 6.54. The summed E-state index contributed by atoms with van der Waals surface area (Å²) in [5.74, 6) is 2.80. The fraction of sp³-hybridized carbons (Fsp3) is 1.00. The third-order valence-corrected chi connectivity index (χ3v) is 5.38. The first kappa shape index (κ1) is 9.21. The summed E-state index contributed by atoms with van der Waals surface area (Å²) in [6, 6.07) is 0. The van der Waals surface area contributed by atoms with Gasteiger partial charge in [0.05, 0.1) is 0 Å². The monoisotopic (exact) mass is 193 g/mol. The third kappa shape index (κ3) is 1.11. The molecule has 0 aromatic heterocycles. The predicted octanol–water partition coefficient (Wildman–Crippen LogP) is 2.94. The van der Waals surface area contributed by atoms with Crippen molar-refractivity contribution >= 4 is 0 Å². The van der Waals surface area contributed by atoms with Crippen molar-refractivity contribution in [3.8, 4) is 0 Å². The molecule has 14 heavy (non-hydrogen) atoms. The summed E-state index contributed by atoms with van der Waals surface area (Å²) < 4.78 is 0. The highest BCUT2D eigenvalue weighted by molar-refractivity contribution is 5.11. The van der Waals surface area contributed by atoms with E-state index in [9.17, 15) is 0 Å². The van der Waals surface area contributed by atoms with Gasteiger partial charge in [0.2, 0.25) is 0 Å². The average Bonchev–Trinajstić information content (AvgIpc) is 1.98. The number of rotatable bonds is 1. The van der Waals surface area contributed by atoms with E-state index in [0.29, 0.717) is 5.41 Å². The standard InChI is InChI=1S/C13H23N/c1-9(2)12-4-10-3-11(5-12)7-13(14,6-10)8-12/h9-11H,3-8,14H2,1-2H3/t10-,11+,12?,13?. The normalized spacial score (nSPS) is 55.7. The number of nitrogens with two attached hydrogens (primary N) is 1. The lowest BCUT2D eigenvalue weighted by Gasteiger charge is -2.62. The molecule has 2 N–H and O–H groups in total. The van der Waals surface area contributed by atoms with E-state index in [0.717, 1.165) is 17.8 Å². The molecular formula is C13H23N. The quantitative estimate of drug-likeness (QED) is 0.681. The molecule has 4 rings (SSSR count). The van der Waals surface area contributed by atoms with Gasteiger partial charge < -0.3 is 5.73 Å². The fourth-order valence-corrected chi connectivity index (χ4v) is 5.08. The van der Waals surface area contributed by atoms with E-state index >= 15 is 0 Å². The van der Waals surface area contributed by atoms with Crippen LogP contribution in [0.4, 0.5) is 0 Å². The van der Waals surface area contributed by atoms with E-state index in [-0.39, 0.29) is 5.54 Å². The molecule has 2 unspecified atom stereocenters. The minimum atomic E-state index is 0.244. The first-order valence-electron chi connectivity index (χ1n) is 6.30. The lowest BCUT2D eigenvalue weighted by atomic mass is 9.44. The fourth-order valence-electron chi connectivity index (χ4n) is 5.08. The zero-order valence-electron chi connectivity index (χ0n) is 9.55. The summed E-state index contributed by atoms with van der Waals surface area (Å²) in [5.41, 5.74) is 7.43. The minimum Gasteiger partial charge on any atom is -0.325 e. The third-order valence-electron chi connectivity index (χ3n) is 5.38. The van der Waals surface area contributed by atoms with Crippen LogP contribution in [0.5, 0.6) is 0 Å². The van der Waals surface area contributed by atoms with Crippen LogP contribution in [0.25, 0.3) is 0 Å². The first-order chi connectivity index (χ1) is 6.51. The van der Waals surface area contributed by atoms with Gasteiger partial charge in [0.25, 0.3) is 0 Å². The Morgan fingerprint density at radius 2 is 1.64 bits per heavy atom. The molecule has 4 atom stereocenters. The molecule has 4 bridgehead atoms. The molecule has 0 aromatic carbocycles. The van der Waals surface area contributed by atoms with Gasteiger partial charge in [0.15, 0.2) is 0 Å². The summed E-state index contributed by atoms with van der Waals surface area (Å²) >= 11 is 0. The van der Waals surface area contributed by atoms with Crippen molar-refractivity contribution in [1.82, 2.24) is 0 Å². The lowest BCUT2D eigenvalue weighted by Crippen LogP contribution is -2.61. The molecule has 0 radical (unpaired) electrons. The molecule has 0 amide bonds. The van der Waals surface area contributed by atoms with Gasteiger partial charge in [0, 0.05) is 5.54 Å². The molecule has 0 heterocycles. The second-order valence-electron chi connectivity index (χ2n) is 6.84. The molecule has 1 heteroatoms. The van der Waals surface area contributed by atoms with E-state index in [4.69, 9.17) is 5.73 Å². The number of hydrogen-bond donors (Lipinski definition) is 1. The highest BCUT2D eigenvalue weighted by Gasteiger charge is 2.56. The Morgan fingerprint density at radius 3 is 2.07 bits per heavy atom. The van der Waals surface area contributed by atoms with Gasteiger partial charge in [-0.05, 0) is 61.7 Å². The first-order valence-corrected chi connectivity index (χ1v) is 6.30. The van der Waals surface area contributed by atoms with Crippen LogP contribution >= 0.6 is 0 Å². The van der Waals surface area contributed by atoms with Crippen molar-refractivity contribution in [3.05, 3.63) is 0 Å². The van der Waals surface area contributed by atoms with E-state index < -0.39 is 0 Å². The smallest absolute Gasteiger partial charge is 0.0165 e. The zero-order chi connectivity index (χ0) is 9.97. The van der Waals surface area contributed by atoms with Crippen molar-refractivity contribution in [2.45, 2.75) is 57.9 Å². The van der Waals surface area contributed by atoms with Gasteiger partial charge in [-0.3, -0.25) is 0 Å². The van der Waals surface area contributed by atoms with Crippen molar-refractivity contribution in [1.29, 1.82) is 0 Å². The Hall–Kier alpha value is -0.0400. The SMILES string of the molecule is CC(C)C12C[C@@H]3C[C@@H](CC(N)(C3)C1)C2. The van der Waals surface area contributed by atoms with Crippen LogP contribution < -0.4 is 5.73 Å². The molecule has 80 valence electrons. The molecular weight excluding hydrogens is 170 g/mol. The molecule has 0 spiro atoms. The Morgan fingerprint density at radius 1 is 1.07 bits per heavy atom. The molecule has 1 nitrogen and oxygen atoms in total. The highest BCUT2D eigenvalue weighted by atomic mass is 14.8. The topological polar surface area (TPSA) is 26.0 Å². The Kier molecular flexibility index (Phi) is 1.68. The Balaban J connectivity index is 1.96. The Bertz CT molecular complexity index is 242. The molecule has 0 aromatic rings. The summed E-state index contributed by atoms with van der Waals surface area (Å²) in [6.07, 6.45) is 8.45. The van der Waals surface area contributed by atoms with Crippen molar-refractivity contribution in [2.75, 3.05) is 0 Å². The lowest BCUT2D eigenvalue weighted by molar-refractivity contribution is -0.0913. The number of hydrogen-bond acceptors (Lipinski definition) is 1. The maximum Gasteiger partial charge on any atom is 0.0165 e. The minimum absolute atomic E-state index is 0.244. The van der Waals surface area contributed by atoms with Crippen molar-refractivity contribution in [2.24, 2.45) is 28.9 Å². The van der Waals surface area contributed by atoms with Gasteiger partial charge in [-0.25, -0.2) is 0 Å². The van der Waals surface area contributed by atoms with Crippen molar-refractivity contribution < 1.29 is 0 Å². The summed E-state index contributed by atoms with van der Waals surface area (Å²) in [5, 5.41) is 0. The summed E-state index contributed by atoms with van der Waals surface area (Å²) in [4.78, 5) is 0. The van der Waals surface area contributed by atoms with Crippen LogP contribution in [-0.4, -0.2) is 5.54 Å². The van der Waals surface area contributed by atoms with E-state index in [1.54, 1.807) is 0 Å². The molecule has 4 saturated carbocycles. The van der Waals surface area contributed by atoms with Gasteiger partial charge in [-0.2, -0.15) is 0 Å². The van der Waals surface area contributed by atoms with Crippen LogP contribution in [0.3, 0.4) is 0 Å². The predicted molar refractivity (Wildman–Crippen MR) is 58.9 cm³/mol. The van der Waals surface area contributed by atoms with Crippen LogP contribution in [0.15, 0.2) is 0 Å². The van der Waals surface area contributed by atoms with Gasteiger partial charge in [-0.1, -0.05) is 13.8 Å². The van der Waals surface area contributed by atoms with Crippen LogP contribution in [0, 0.1) is 23.2 Å². The van der Waals surface area contributed by atoms with E-state index in [1.807, 2.05) is 0 Å². The van der Waals surface area contributed by atoms with Crippen LogP contribution in [0.2, 0.25) is 0 Å². The zero-order valence-corrected chi connectivity index (χ0v) is 9.55. The molecule has 0 aliphatic heterocycles. The van der Waals surface area contributed by atoms with Crippen molar-refractivity contribution in [3.63, 3.8) is 0 Å². The van der Waals surface area contributed by atoms with Gasteiger partial charge >= 0.3 is 0 Å². The second-order valence-corrected chi connectivity index (χ2v) is 6.84. The summed E-state index contributed by atoms with van der Waals surface area (Å²) in [7, 11) is 0. The molecule has 0 saturated heterocycles. The molecule has 4 aliphatic rings. The highest BCUT2D eigenvalue weighted by Crippen LogP contribution is 2.63. The second kappa shape index (κ2) is 2.55. The molecule has 4 fully saturated rings. The largest absolute Gasteiger partial charge is 0.325 e. The average molecular weight is 193 g/mol. The maximum absolute atomic E-state index is 6.54. The van der Waals surface area contributed by atoms with Crippen LogP contribution in [0.1, 0.15) is 52.4 Å². The molecule has 4 aliphatic carbocycles. The van der Waals surface area contributed by atoms with Crippen LogP contribution in [-0.2, 0) is 0 Å². The summed E-state index contributed by atoms with van der Waals surface area (Å²) in [6.45, 7) is 4.83. The van der Waals surface area contributed by atoms with Gasteiger partial charge in [0.1, 0.15) is 0 Å². The van der Waals surface area contributed by atoms with E-state index in [2.05, 4.69) is 13.8 Å². The Labute approximate surface area is 87.4 Å². The van der Waals surface area contributed by atoms with E-state index in [1.165, 1.54) is 38.5 Å². The van der Waals surface area contributed by atoms with Gasteiger partial charge in [-0.15, -0.1) is 0 Å².